The minimum Gasteiger partial charge on any atom is -0.492 e. The Morgan fingerprint density at radius 3 is 2.41 bits per heavy atom. The summed E-state index contributed by atoms with van der Waals surface area (Å²) in [5, 5.41) is 22.1. The first-order valence-corrected chi connectivity index (χ1v) is 12.5. The van der Waals surface area contributed by atoms with Gasteiger partial charge in [-0.3, -0.25) is 9.80 Å². The summed E-state index contributed by atoms with van der Waals surface area (Å²) in [4.78, 5) is 4.56. The van der Waals surface area contributed by atoms with Gasteiger partial charge >= 0.3 is 0 Å². The Balaban J connectivity index is 1.50. The van der Waals surface area contributed by atoms with Crippen molar-refractivity contribution in [1.82, 2.24) is 9.80 Å². The highest BCUT2D eigenvalue weighted by Crippen LogP contribution is 2.26. The average molecular weight is 491 g/mol. The molecule has 0 radical (unpaired) electrons. The number of hydrogen-bond donors (Lipinski definition) is 2. The van der Waals surface area contributed by atoms with Gasteiger partial charge < -0.3 is 19.7 Å². The second-order valence-corrected chi connectivity index (χ2v) is 10.2. The Labute approximate surface area is 209 Å². The van der Waals surface area contributed by atoms with Crippen molar-refractivity contribution >= 4 is 11.6 Å². The monoisotopic (exact) mass is 490 g/mol. The van der Waals surface area contributed by atoms with Gasteiger partial charge in [0.25, 0.3) is 0 Å². The SMILES string of the molecule is CC(C)N(CCOc1ccc(CN2CC[C@@H](O)[C@@](O)(COc3cccc(Cl)c3)C2)cc1)C(C)C. The molecular formula is C27H39ClN2O4. The van der Waals surface area contributed by atoms with Crippen LogP contribution in [0.2, 0.25) is 5.02 Å². The van der Waals surface area contributed by atoms with Gasteiger partial charge in [0, 0.05) is 43.3 Å². The molecule has 1 aliphatic rings. The summed E-state index contributed by atoms with van der Waals surface area (Å²) in [5.41, 5.74) is -0.213. The maximum atomic E-state index is 11.1. The molecule has 6 nitrogen and oxygen atoms in total. The molecule has 0 bridgehead atoms. The van der Waals surface area contributed by atoms with Crippen LogP contribution in [0.3, 0.4) is 0 Å². The lowest BCUT2D eigenvalue weighted by Crippen LogP contribution is -2.59. The Hall–Kier alpha value is -1.83. The molecule has 188 valence electrons. The number of nitrogens with zero attached hydrogens (tertiary/aromatic N) is 2. The van der Waals surface area contributed by atoms with Crippen LogP contribution >= 0.6 is 11.6 Å². The van der Waals surface area contributed by atoms with Crippen LogP contribution in [0.25, 0.3) is 0 Å². The summed E-state index contributed by atoms with van der Waals surface area (Å²) in [6.45, 7) is 12.1. The van der Waals surface area contributed by atoms with Crippen LogP contribution in [0, 0.1) is 0 Å². The number of halogens is 1. The Morgan fingerprint density at radius 1 is 1.06 bits per heavy atom. The average Bonchev–Trinajstić information content (AvgIpc) is 2.78. The van der Waals surface area contributed by atoms with Crippen LogP contribution in [0.4, 0.5) is 0 Å². The van der Waals surface area contributed by atoms with Crippen molar-refractivity contribution in [3.8, 4) is 11.5 Å². The largest absolute Gasteiger partial charge is 0.492 e. The fourth-order valence-electron chi connectivity index (χ4n) is 4.52. The lowest BCUT2D eigenvalue weighted by molar-refractivity contribution is -0.140. The van der Waals surface area contributed by atoms with Crippen LogP contribution in [-0.2, 0) is 6.54 Å². The zero-order valence-electron chi connectivity index (χ0n) is 20.8. The van der Waals surface area contributed by atoms with Crippen molar-refractivity contribution in [2.45, 2.75) is 64.4 Å². The molecule has 2 atom stereocenters. The topological polar surface area (TPSA) is 65.4 Å². The van der Waals surface area contributed by atoms with Crippen LogP contribution in [0.15, 0.2) is 48.5 Å². The number of aliphatic hydroxyl groups excluding tert-OH is 1. The summed E-state index contributed by atoms with van der Waals surface area (Å²) in [7, 11) is 0. The molecule has 0 aliphatic carbocycles. The molecule has 0 saturated carbocycles. The maximum absolute atomic E-state index is 11.1. The molecule has 34 heavy (non-hydrogen) atoms. The third-order valence-corrected chi connectivity index (χ3v) is 6.63. The standard InChI is InChI=1S/C27H39ClN2O4/c1-20(2)30(21(3)4)14-15-33-24-10-8-22(9-11-24)17-29-13-12-26(31)27(32,18-29)19-34-25-7-5-6-23(28)16-25/h5-11,16,20-21,26,31-32H,12-15,17-19H2,1-4H3/t26-,27+/m1/s1. The predicted octanol–water partition coefficient (Wildman–Crippen LogP) is 4.21. The van der Waals surface area contributed by atoms with E-state index in [-0.39, 0.29) is 6.61 Å². The Bertz CT molecular complexity index is 884. The van der Waals surface area contributed by atoms with Gasteiger partial charge in [0.15, 0.2) is 0 Å². The molecule has 1 aliphatic heterocycles. The van der Waals surface area contributed by atoms with E-state index in [4.69, 9.17) is 21.1 Å². The van der Waals surface area contributed by atoms with Gasteiger partial charge in [-0.1, -0.05) is 29.8 Å². The van der Waals surface area contributed by atoms with Crippen LogP contribution in [0.1, 0.15) is 39.7 Å². The lowest BCUT2D eigenvalue weighted by Gasteiger charge is -2.42. The number of ether oxygens (including phenoxy) is 2. The van der Waals surface area contributed by atoms with Crippen molar-refractivity contribution in [2.75, 3.05) is 32.8 Å². The van der Waals surface area contributed by atoms with Gasteiger partial charge in [0.2, 0.25) is 0 Å². The summed E-state index contributed by atoms with van der Waals surface area (Å²) in [6, 6.07) is 16.1. The number of benzene rings is 2. The summed E-state index contributed by atoms with van der Waals surface area (Å²) < 4.78 is 11.7. The summed E-state index contributed by atoms with van der Waals surface area (Å²) in [6.07, 6.45) is -0.353. The van der Waals surface area contributed by atoms with Crippen molar-refractivity contribution < 1.29 is 19.7 Å². The normalized spacial score (nSPS) is 21.4. The van der Waals surface area contributed by atoms with Gasteiger partial charge in [0.05, 0.1) is 6.10 Å². The molecule has 0 aromatic heterocycles. The van der Waals surface area contributed by atoms with E-state index in [1.807, 2.05) is 12.1 Å². The van der Waals surface area contributed by atoms with Gasteiger partial charge in [0.1, 0.15) is 30.3 Å². The van der Waals surface area contributed by atoms with Crippen molar-refractivity contribution in [3.63, 3.8) is 0 Å². The molecule has 2 aromatic rings. The quantitative estimate of drug-likeness (QED) is 0.492. The third kappa shape index (κ3) is 7.59. The molecule has 2 aromatic carbocycles. The predicted molar refractivity (Wildman–Crippen MR) is 137 cm³/mol. The maximum Gasteiger partial charge on any atom is 0.137 e. The number of β-amino-alcohol motifs (C(OH)–C–C–N with tert-alkyl or cyclic N) is 1. The first-order valence-electron chi connectivity index (χ1n) is 12.1. The summed E-state index contributed by atoms with van der Waals surface area (Å²) >= 11 is 6.01. The first-order chi connectivity index (χ1) is 16.2. The van der Waals surface area contributed by atoms with Crippen LogP contribution in [-0.4, -0.2) is 76.6 Å². The number of likely N-dealkylation sites (tertiary alicyclic amines) is 1. The molecule has 7 heteroatoms. The van der Waals surface area contributed by atoms with Crippen molar-refractivity contribution in [3.05, 3.63) is 59.1 Å². The third-order valence-electron chi connectivity index (χ3n) is 6.40. The van der Waals surface area contributed by atoms with E-state index in [1.165, 1.54) is 0 Å². The Morgan fingerprint density at radius 2 is 1.76 bits per heavy atom. The minimum atomic E-state index is -1.34. The molecule has 2 N–H and O–H groups in total. The molecule has 0 unspecified atom stereocenters. The summed E-state index contributed by atoms with van der Waals surface area (Å²) in [5.74, 6) is 1.43. The van der Waals surface area contributed by atoms with E-state index < -0.39 is 11.7 Å². The van der Waals surface area contributed by atoms with Gasteiger partial charge in [-0.2, -0.15) is 0 Å². The van der Waals surface area contributed by atoms with E-state index in [0.717, 1.165) is 17.9 Å². The fourth-order valence-corrected chi connectivity index (χ4v) is 4.70. The number of rotatable bonds is 11. The molecular weight excluding hydrogens is 452 g/mol. The Kier molecular flexibility index (Phi) is 9.63. The molecule has 0 spiro atoms. The zero-order chi connectivity index (χ0) is 24.7. The highest BCUT2D eigenvalue weighted by atomic mass is 35.5. The molecule has 3 rings (SSSR count). The van der Waals surface area contributed by atoms with E-state index >= 15 is 0 Å². The first kappa shape index (κ1) is 26.8. The van der Waals surface area contributed by atoms with Gasteiger partial charge in [-0.25, -0.2) is 0 Å². The van der Waals surface area contributed by atoms with Crippen molar-refractivity contribution in [1.29, 1.82) is 0 Å². The number of aliphatic hydroxyl groups is 2. The van der Waals surface area contributed by atoms with E-state index in [0.29, 0.717) is 55.5 Å². The lowest BCUT2D eigenvalue weighted by atomic mass is 9.90. The van der Waals surface area contributed by atoms with E-state index in [9.17, 15) is 10.2 Å². The van der Waals surface area contributed by atoms with Crippen LogP contribution < -0.4 is 9.47 Å². The minimum absolute atomic E-state index is 0.00155. The fraction of sp³-hybridized carbons (Fsp3) is 0.556. The smallest absolute Gasteiger partial charge is 0.137 e. The highest BCUT2D eigenvalue weighted by molar-refractivity contribution is 6.30. The second kappa shape index (κ2) is 12.2. The number of piperidine rings is 1. The van der Waals surface area contributed by atoms with E-state index in [2.05, 4.69) is 49.6 Å². The molecule has 1 saturated heterocycles. The molecule has 0 amide bonds. The van der Waals surface area contributed by atoms with Crippen molar-refractivity contribution in [2.24, 2.45) is 0 Å². The zero-order valence-corrected chi connectivity index (χ0v) is 21.5. The van der Waals surface area contributed by atoms with E-state index in [1.54, 1.807) is 24.3 Å². The number of hydrogen-bond acceptors (Lipinski definition) is 6. The molecule has 1 fully saturated rings. The van der Waals surface area contributed by atoms with Gasteiger partial charge in [-0.15, -0.1) is 0 Å². The molecule has 1 heterocycles. The van der Waals surface area contributed by atoms with Crippen LogP contribution in [0.5, 0.6) is 11.5 Å². The highest BCUT2D eigenvalue weighted by Gasteiger charge is 2.42. The second-order valence-electron chi connectivity index (χ2n) is 9.78. The van der Waals surface area contributed by atoms with Gasteiger partial charge in [-0.05, 0) is 70.0 Å².